The van der Waals surface area contributed by atoms with E-state index in [0.717, 1.165) is 5.56 Å². The zero-order valence-corrected chi connectivity index (χ0v) is 19.3. The van der Waals surface area contributed by atoms with Gasteiger partial charge in [-0.15, -0.1) is 0 Å². The van der Waals surface area contributed by atoms with Crippen LogP contribution in [0.5, 0.6) is 5.75 Å². The number of hydrogen-bond acceptors (Lipinski definition) is 5. The smallest absolute Gasteiger partial charge is 0.387 e. The maximum absolute atomic E-state index is 13.2. The lowest BCUT2D eigenvalue weighted by Gasteiger charge is -2.21. The van der Waals surface area contributed by atoms with Gasteiger partial charge in [0.05, 0.1) is 6.33 Å². The Balaban J connectivity index is 1.59. The Morgan fingerprint density at radius 3 is 2.64 bits per heavy atom. The second-order valence-electron chi connectivity index (χ2n) is 7.83. The van der Waals surface area contributed by atoms with Crippen LogP contribution in [0.4, 0.5) is 8.78 Å². The molecule has 7 nitrogen and oxygen atoms in total. The molecule has 0 aliphatic carbocycles. The van der Waals surface area contributed by atoms with E-state index in [9.17, 15) is 17.2 Å². The van der Waals surface area contributed by atoms with Gasteiger partial charge in [-0.05, 0) is 23.8 Å². The molecule has 0 amide bonds. The number of imidazole rings is 1. The summed E-state index contributed by atoms with van der Waals surface area (Å²) in [6.07, 6.45) is 2.91. The summed E-state index contributed by atoms with van der Waals surface area (Å²) < 4.78 is 59.6. The van der Waals surface area contributed by atoms with Crippen LogP contribution in [0.3, 0.4) is 0 Å². The Morgan fingerprint density at radius 1 is 1.21 bits per heavy atom. The lowest BCUT2D eigenvalue weighted by molar-refractivity contribution is -0.0505. The normalized spacial score (nSPS) is 19.3. The summed E-state index contributed by atoms with van der Waals surface area (Å²) in [5, 5.41) is 3.70. The van der Waals surface area contributed by atoms with E-state index in [4.69, 9.17) is 11.6 Å². The predicted octanol–water partition coefficient (Wildman–Crippen LogP) is 3.62. The molecule has 176 valence electrons. The molecule has 1 N–H and O–H groups in total. The predicted molar refractivity (Wildman–Crippen MR) is 120 cm³/mol. The van der Waals surface area contributed by atoms with Gasteiger partial charge in [0.25, 0.3) is 10.0 Å². The third kappa shape index (κ3) is 5.35. The van der Waals surface area contributed by atoms with E-state index in [-0.39, 0.29) is 42.4 Å². The zero-order chi connectivity index (χ0) is 23.6. The van der Waals surface area contributed by atoms with E-state index in [1.165, 1.54) is 29.0 Å². The van der Waals surface area contributed by atoms with Crippen LogP contribution in [0.1, 0.15) is 17.0 Å². The quantitative estimate of drug-likeness (QED) is 0.515. The Morgan fingerprint density at radius 2 is 1.97 bits per heavy atom. The summed E-state index contributed by atoms with van der Waals surface area (Å²) in [4.78, 5) is 4.01. The van der Waals surface area contributed by atoms with E-state index in [1.54, 1.807) is 17.7 Å². The molecule has 1 aliphatic heterocycles. The van der Waals surface area contributed by atoms with Crippen molar-refractivity contribution in [1.82, 2.24) is 19.2 Å². The first-order valence-electron chi connectivity index (χ1n) is 10.2. The number of rotatable bonds is 8. The average Bonchev–Trinajstić information content (AvgIpc) is 3.41. The molecule has 0 spiro atoms. The van der Waals surface area contributed by atoms with Gasteiger partial charge in [-0.2, -0.15) is 13.1 Å². The fraction of sp³-hybridized carbons (Fsp3) is 0.318. The Bertz CT molecular complexity index is 1210. The third-order valence-electron chi connectivity index (χ3n) is 5.59. The van der Waals surface area contributed by atoms with Crippen LogP contribution in [0.2, 0.25) is 5.02 Å². The zero-order valence-electron chi connectivity index (χ0n) is 17.7. The molecule has 4 rings (SSSR count). The molecule has 0 bridgehead atoms. The van der Waals surface area contributed by atoms with Crippen molar-refractivity contribution in [2.75, 3.05) is 13.1 Å². The van der Waals surface area contributed by atoms with Gasteiger partial charge in [0.1, 0.15) is 5.75 Å². The molecule has 3 aromatic rings. The van der Waals surface area contributed by atoms with Gasteiger partial charge in [0.2, 0.25) is 0 Å². The summed E-state index contributed by atoms with van der Waals surface area (Å²) in [5.41, 5.74) is 1.43. The molecule has 11 heteroatoms. The molecule has 1 saturated heterocycles. The molecular weight excluding hydrogens is 474 g/mol. The van der Waals surface area contributed by atoms with Crippen LogP contribution in [0.15, 0.2) is 66.1 Å². The Hall–Kier alpha value is -2.53. The molecule has 2 atom stereocenters. The van der Waals surface area contributed by atoms with Crippen molar-refractivity contribution in [3.63, 3.8) is 0 Å². The fourth-order valence-electron chi connectivity index (χ4n) is 4.00. The molecule has 1 fully saturated rings. The van der Waals surface area contributed by atoms with Crippen molar-refractivity contribution in [3.05, 3.63) is 77.2 Å². The molecular formula is C22H23ClF2N4O3S. The van der Waals surface area contributed by atoms with Gasteiger partial charge < -0.3 is 14.6 Å². The van der Waals surface area contributed by atoms with Gasteiger partial charge in [0, 0.05) is 55.4 Å². The van der Waals surface area contributed by atoms with E-state index in [1.807, 2.05) is 30.3 Å². The molecule has 1 aromatic heterocycles. The van der Waals surface area contributed by atoms with E-state index in [0.29, 0.717) is 10.6 Å². The number of sulfonamides is 1. The first kappa shape index (κ1) is 23.6. The van der Waals surface area contributed by atoms with Gasteiger partial charge in [-0.3, -0.25) is 0 Å². The molecule has 0 saturated carbocycles. The second kappa shape index (κ2) is 9.76. The van der Waals surface area contributed by atoms with E-state index in [2.05, 4.69) is 15.0 Å². The van der Waals surface area contributed by atoms with Crippen LogP contribution < -0.4 is 10.1 Å². The van der Waals surface area contributed by atoms with Crippen molar-refractivity contribution in [1.29, 1.82) is 0 Å². The van der Waals surface area contributed by atoms with Crippen LogP contribution in [-0.2, 0) is 23.6 Å². The number of aromatic nitrogens is 2. The number of alkyl halides is 2. The number of hydrogen-bond donors (Lipinski definition) is 1. The monoisotopic (exact) mass is 496 g/mol. The lowest BCUT2D eigenvalue weighted by Crippen LogP contribution is -2.36. The summed E-state index contributed by atoms with van der Waals surface area (Å²) in [6, 6.07) is 13.7. The minimum absolute atomic E-state index is 0.0140. The van der Waals surface area contributed by atoms with Gasteiger partial charge >= 0.3 is 6.61 Å². The molecule has 1 aliphatic rings. The first-order chi connectivity index (χ1) is 15.7. The highest BCUT2D eigenvalue weighted by Gasteiger charge is 2.40. The van der Waals surface area contributed by atoms with Crippen molar-refractivity contribution < 1.29 is 21.9 Å². The highest BCUT2D eigenvalue weighted by atomic mass is 35.5. The first-order valence-corrected chi connectivity index (χ1v) is 12.1. The van der Waals surface area contributed by atoms with Gasteiger partial charge in [-0.1, -0.05) is 41.9 Å². The minimum Gasteiger partial charge on any atom is -0.434 e. The van der Waals surface area contributed by atoms with Gasteiger partial charge in [-0.25, -0.2) is 13.4 Å². The summed E-state index contributed by atoms with van der Waals surface area (Å²) in [5.74, 6) is -0.127. The maximum atomic E-state index is 13.2. The second-order valence-corrected chi connectivity index (χ2v) is 10.2. The molecule has 0 unspecified atom stereocenters. The molecule has 33 heavy (non-hydrogen) atoms. The average molecular weight is 497 g/mol. The molecule has 2 aromatic carbocycles. The largest absolute Gasteiger partial charge is 0.434 e. The van der Waals surface area contributed by atoms with Crippen LogP contribution in [0, 0.1) is 0 Å². The highest BCUT2D eigenvalue weighted by Crippen LogP contribution is 2.32. The Labute approximate surface area is 196 Å². The lowest BCUT2D eigenvalue weighted by atomic mass is 9.94. The van der Waals surface area contributed by atoms with Crippen LogP contribution in [-0.4, -0.2) is 48.0 Å². The summed E-state index contributed by atoms with van der Waals surface area (Å²) >= 11 is 6.06. The number of nitrogens with one attached hydrogen (secondary N) is 1. The maximum Gasteiger partial charge on any atom is 0.387 e. The molecule has 0 radical (unpaired) electrons. The van der Waals surface area contributed by atoms with E-state index >= 15 is 0 Å². The standard InChI is InChI=1S/C22H23ClF2N4O3S/c1-28-13-21(27-14-28)33(30,31)29-11-18(15-5-3-2-4-6-15)19(12-29)26-10-16-9-17(23)7-8-20(16)32-22(24)25/h2-9,13-14,18-19,22,26H,10-12H2,1H3/t18-,19+/m1/s1. The van der Waals surface area contributed by atoms with Crippen molar-refractivity contribution >= 4 is 21.6 Å². The van der Waals surface area contributed by atoms with Crippen LogP contribution >= 0.6 is 11.6 Å². The van der Waals surface area contributed by atoms with E-state index < -0.39 is 16.6 Å². The Kier molecular flexibility index (Phi) is 6.99. The molecule has 2 heterocycles. The number of ether oxygens (including phenoxy) is 1. The number of nitrogens with zero attached hydrogens (tertiary/aromatic N) is 3. The number of benzene rings is 2. The van der Waals surface area contributed by atoms with Crippen molar-refractivity contribution in [2.45, 2.75) is 30.1 Å². The summed E-state index contributed by atoms with van der Waals surface area (Å²) in [7, 11) is -2.08. The number of halogens is 3. The van der Waals surface area contributed by atoms with Crippen LogP contribution in [0.25, 0.3) is 0 Å². The van der Waals surface area contributed by atoms with Crippen molar-refractivity contribution in [2.24, 2.45) is 7.05 Å². The minimum atomic E-state index is -3.79. The topological polar surface area (TPSA) is 76.5 Å². The summed E-state index contributed by atoms with van der Waals surface area (Å²) in [6.45, 7) is -2.33. The van der Waals surface area contributed by atoms with Gasteiger partial charge in [0.15, 0.2) is 5.03 Å². The number of aryl methyl sites for hydroxylation is 1. The third-order valence-corrected chi connectivity index (χ3v) is 7.55. The fourth-order valence-corrected chi connectivity index (χ4v) is 5.65. The van der Waals surface area contributed by atoms with Crippen molar-refractivity contribution in [3.8, 4) is 5.75 Å². The highest BCUT2D eigenvalue weighted by molar-refractivity contribution is 7.89. The SMILES string of the molecule is Cn1cnc(S(=O)(=O)N2C[C@H](NCc3cc(Cl)ccc3OC(F)F)[C@@H](c3ccccc3)C2)c1.